The highest BCUT2D eigenvalue weighted by atomic mass is 35.5. The van der Waals surface area contributed by atoms with Crippen LogP contribution < -0.4 is 0 Å². The first kappa shape index (κ1) is 33.9. The minimum atomic E-state index is -0.431. The maximum Gasteiger partial charge on any atom is 0.269 e. The Hall–Kier alpha value is -4.01. The fourth-order valence-corrected chi connectivity index (χ4v) is 7.07. The van der Waals surface area contributed by atoms with Gasteiger partial charge in [-0.05, 0) is 60.8 Å². The summed E-state index contributed by atoms with van der Waals surface area (Å²) >= 11 is 0. The van der Waals surface area contributed by atoms with Gasteiger partial charge in [-0.25, -0.2) is 0 Å². The molecule has 8 nitrogen and oxygen atoms in total. The van der Waals surface area contributed by atoms with E-state index in [9.17, 15) is 19.7 Å². The minimum Gasteiger partial charge on any atom is -0.339 e. The third-order valence-corrected chi connectivity index (χ3v) is 9.40. The van der Waals surface area contributed by atoms with Gasteiger partial charge in [-0.1, -0.05) is 66.7 Å². The second kappa shape index (κ2) is 15.8. The molecule has 45 heavy (non-hydrogen) atoms. The Morgan fingerprint density at radius 2 is 1.62 bits per heavy atom. The lowest BCUT2D eigenvalue weighted by Crippen LogP contribution is -2.48. The van der Waals surface area contributed by atoms with E-state index in [1.807, 2.05) is 47.2 Å². The van der Waals surface area contributed by atoms with Crippen LogP contribution in [0.1, 0.15) is 53.1 Å². The molecule has 1 aliphatic heterocycles. The van der Waals surface area contributed by atoms with Crippen LogP contribution in [0.15, 0.2) is 97.6 Å². The lowest BCUT2D eigenvalue weighted by atomic mass is 9.88. The summed E-state index contributed by atoms with van der Waals surface area (Å²) in [5, 5.41) is 11.2. The molecule has 0 radical (unpaired) electrons. The van der Waals surface area contributed by atoms with Crippen molar-refractivity contribution in [3.8, 4) is 0 Å². The maximum absolute atomic E-state index is 13.4. The van der Waals surface area contributed by atoms with E-state index in [2.05, 4.69) is 41.8 Å². The summed E-state index contributed by atoms with van der Waals surface area (Å²) in [5.74, 6) is 0.835. The summed E-state index contributed by atoms with van der Waals surface area (Å²) in [6, 6.07) is 26.8. The van der Waals surface area contributed by atoms with E-state index < -0.39 is 4.92 Å². The molecular weight excluding hydrogens is 588 g/mol. The summed E-state index contributed by atoms with van der Waals surface area (Å²) < 4.78 is 0. The predicted molar refractivity (Wildman–Crippen MR) is 180 cm³/mol. The van der Waals surface area contributed by atoms with Crippen molar-refractivity contribution in [3.63, 3.8) is 0 Å². The number of nitro benzene ring substituents is 1. The Bertz CT molecular complexity index is 1450. The molecule has 3 unspecified atom stereocenters. The quantitative estimate of drug-likeness (QED) is 0.140. The number of halogens is 1. The predicted octanol–water partition coefficient (Wildman–Crippen LogP) is 6.37. The molecule has 9 heteroatoms. The van der Waals surface area contributed by atoms with Gasteiger partial charge < -0.3 is 14.7 Å². The largest absolute Gasteiger partial charge is 0.339 e. The van der Waals surface area contributed by atoms with E-state index >= 15 is 0 Å². The molecule has 2 fully saturated rings. The number of rotatable bonds is 11. The molecular formula is C36H43ClN4O4. The molecule has 0 spiro atoms. The summed E-state index contributed by atoms with van der Waals surface area (Å²) in [6.07, 6.45) is 5.53. The van der Waals surface area contributed by atoms with Gasteiger partial charge in [0, 0.05) is 63.0 Å². The molecule has 0 bridgehead atoms. The number of nitro groups is 1. The number of benzene rings is 3. The van der Waals surface area contributed by atoms with Crippen LogP contribution in [0.5, 0.6) is 0 Å². The van der Waals surface area contributed by atoms with Crippen molar-refractivity contribution in [2.75, 3.05) is 33.2 Å². The van der Waals surface area contributed by atoms with E-state index in [0.29, 0.717) is 23.9 Å². The average molecular weight is 631 g/mol. The van der Waals surface area contributed by atoms with Crippen LogP contribution in [0.3, 0.4) is 0 Å². The van der Waals surface area contributed by atoms with Crippen molar-refractivity contribution in [2.45, 2.75) is 50.1 Å². The number of hydrogen-bond donors (Lipinski definition) is 0. The van der Waals surface area contributed by atoms with Gasteiger partial charge in [-0.15, -0.1) is 19.0 Å². The fraction of sp³-hybridized carbons (Fsp3) is 0.389. The number of carbonyl (C=O) groups excluding carboxylic acids is 2. The lowest BCUT2D eigenvalue weighted by Gasteiger charge is -2.39. The number of hydrogen-bond acceptors (Lipinski definition) is 5. The van der Waals surface area contributed by atoms with Gasteiger partial charge in [0.25, 0.3) is 11.6 Å². The van der Waals surface area contributed by atoms with Gasteiger partial charge in [-0.3, -0.25) is 19.7 Å². The van der Waals surface area contributed by atoms with E-state index in [1.54, 1.807) is 18.2 Å². The van der Waals surface area contributed by atoms with Crippen molar-refractivity contribution in [3.05, 3.63) is 124 Å². The number of piperidine rings is 1. The first-order chi connectivity index (χ1) is 21.3. The van der Waals surface area contributed by atoms with E-state index in [-0.39, 0.29) is 48.4 Å². The van der Waals surface area contributed by atoms with Crippen LogP contribution in [-0.2, 0) is 11.2 Å². The summed E-state index contributed by atoms with van der Waals surface area (Å²) in [4.78, 5) is 43.8. The average Bonchev–Trinajstić information content (AvgIpc) is 3.48. The third-order valence-electron chi connectivity index (χ3n) is 9.40. The van der Waals surface area contributed by atoms with Gasteiger partial charge >= 0.3 is 0 Å². The Morgan fingerprint density at radius 1 is 0.956 bits per heavy atom. The number of carbonyl (C=O) groups is 2. The van der Waals surface area contributed by atoms with Crippen LogP contribution >= 0.6 is 12.4 Å². The zero-order chi connectivity index (χ0) is 31.1. The van der Waals surface area contributed by atoms with Gasteiger partial charge in [-0.2, -0.15) is 0 Å². The highest BCUT2D eigenvalue weighted by Crippen LogP contribution is 2.42. The number of nitrogens with zero attached hydrogens (tertiary/aromatic N) is 4. The summed E-state index contributed by atoms with van der Waals surface area (Å²) in [7, 11) is 1.94. The van der Waals surface area contributed by atoms with Crippen molar-refractivity contribution in [1.82, 2.24) is 14.7 Å². The van der Waals surface area contributed by atoms with Gasteiger partial charge in [0.2, 0.25) is 5.91 Å². The van der Waals surface area contributed by atoms with Crippen LogP contribution in [-0.4, -0.2) is 76.7 Å². The SMILES string of the molecule is C=CCN(C(=O)Cc1cccc([N+](=O)[O-])c1)C1CCN(CC2CC(N(C)C(=O)c3ccccc3)CC2c2ccccc2)CC1.Cl. The van der Waals surface area contributed by atoms with Crippen molar-refractivity contribution in [2.24, 2.45) is 5.92 Å². The molecule has 3 atom stereocenters. The maximum atomic E-state index is 13.4. The number of likely N-dealkylation sites (tertiary alicyclic amines) is 1. The Morgan fingerprint density at radius 3 is 2.27 bits per heavy atom. The fourth-order valence-electron chi connectivity index (χ4n) is 7.07. The molecule has 1 heterocycles. The second-order valence-electron chi connectivity index (χ2n) is 12.2. The lowest BCUT2D eigenvalue weighted by molar-refractivity contribution is -0.384. The smallest absolute Gasteiger partial charge is 0.269 e. The zero-order valence-electron chi connectivity index (χ0n) is 25.9. The van der Waals surface area contributed by atoms with Gasteiger partial charge in [0.15, 0.2) is 0 Å². The van der Waals surface area contributed by atoms with Crippen molar-refractivity contribution >= 4 is 29.9 Å². The van der Waals surface area contributed by atoms with E-state index in [1.165, 1.54) is 17.7 Å². The van der Waals surface area contributed by atoms with Crippen molar-refractivity contribution < 1.29 is 14.5 Å². The number of non-ortho nitro benzene ring substituents is 1. The third kappa shape index (κ3) is 8.38. The topological polar surface area (TPSA) is 87.0 Å². The molecule has 1 saturated heterocycles. The normalized spacial score (nSPS) is 20.2. The molecule has 0 aromatic heterocycles. The molecule has 2 amide bonds. The Balaban J connectivity index is 0.00000461. The molecule has 5 rings (SSSR count). The van der Waals surface area contributed by atoms with Crippen LogP contribution in [0.2, 0.25) is 0 Å². The zero-order valence-corrected chi connectivity index (χ0v) is 26.7. The standard InChI is InChI=1S/C36H42N4O4.ClH/c1-3-19-39(35(41)23-27-11-10-16-32(22-27)40(43)44)31-17-20-38(21-18-31)26-30-24-33(25-34(30)28-12-6-4-7-13-28)37(2)36(42)29-14-8-5-9-15-29;/h3-16,22,30-31,33-34H,1,17-21,23-26H2,2H3;1H. The summed E-state index contributed by atoms with van der Waals surface area (Å²) in [5.41, 5.74) is 2.70. The molecule has 238 valence electrons. The molecule has 0 N–H and O–H groups in total. The second-order valence-corrected chi connectivity index (χ2v) is 12.2. The Labute approximate surface area is 272 Å². The first-order valence-electron chi connectivity index (χ1n) is 15.6. The molecule has 1 aliphatic carbocycles. The molecule has 2 aliphatic rings. The highest BCUT2D eigenvalue weighted by molar-refractivity contribution is 5.94. The molecule has 3 aromatic rings. The van der Waals surface area contributed by atoms with Gasteiger partial charge in [0.1, 0.15) is 0 Å². The molecule has 3 aromatic carbocycles. The monoisotopic (exact) mass is 630 g/mol. The minimum absolute atomic E-state index is 0. The van der Waals surface area contributed by atoms with Crippen LogP contribution in [0.4, 0.5) is 5.69 Å². The first-order valence-corrected chi connectivity index (χ1v) is 15.6. The highest BCUT2D eigenvalue weighted by Gasteiger charge is 2.40. The summed E-state index contributed by atoms with van der Waals surface area (Å²) in [6.45, 7) is 7.08. The van der Waals surface area contributed by atoms with E-state index in [0.717, 1.165) is 50.9 Å². The van der Waals surface area contributed by atoms with Gasteiger partial charge in [0.05, 0.1) is 11.3 Å². The number of amides is 2. The van der Waals surface area contributed by atoms with Crippen LogP contribution in [0, 0.1) is 16.0 Å². The van der Waals surface area contributed by atoms with Crippen molar-refractivity contribution in [1.29, 1.82) is 0 Å². The Kier molecular flexibility index (Phi) is 11.9. The van der Waals surface area contributed by atoms with Crippen LogP contribution in [0.25, 0.3) is 0 Å². The molecule has 1 saturated carbocycles. The van der Waals surface area contributed by atoms with E-state index in [4.69, 9.17) is 0 Å².